The van der Waals surface area contributed by atoms with Crippen LogP contribution in [0.25, 0.3) is 22.3 Å². The highest BCUT2D eigenvalue weighted by Crippen LogP contribution is 2.60. The van der Waals surface area contributed by atoms with Gasteiger partial charge < -0.3 is 35.3 Å². The molecule has 6 N–H and O–H groups in total. The van der Waals surface area contributed by atoms with E-state index in [1.807, 2.05) is 0 Å². The minimum Gasteiger partial charge on any atom is -0.388 e. The second kappa shape index (κ2) is 10.6. The fourth-order valence-electron chi connectivity index (χ4n) is 5.51. The Morgan fingerprint density at radius 1 is 0.953 bits per heavy atom. The van der Waals surface area contributed by atoms with Gasteiger partial charge in [-0.3, -0.25) is 18.1 Å². The fraction of sp³-hybridized carbons (Fsp3) is 0.500. The van der Waals surface area contributed by atoms with Crippen molar-refractivity contribution in [3.05, 3.63) is 25.3 Å². The van der Waals surface area contributed by atoms with E-state index in [0.29, 0.717) is 5.65 Å². The Balaban J connectivity index is 1.21. The van der Waals surface area contributed by atoms with Crippen LogP contribution in [0.15, 0.2) is 25.3 Å². The Morgan fingerprint density at radius 2 is 1.58 bits per heavy atom. The third-order valence-electron chi connectivity index (χ3n) is 7.42. The molecule has 6 heterocycles. The number of nitrogens with zero attached hydrogens (tertiary/aromatic N) is 8. The predicted octanol–water partition coefficient (Wildman–Crippen LogP) is 0.812. The molecule has 10 atom stereocenters. The van der Waals surface area contributed by atoms with Crippen LogP contribution in [0.1, 0.15) is 18.7 Å². The zero-order chi connectivity index (χ0) is 30.3. The van der Waals surface area contributed by atoms with E-state index in [2.05, 4.69) is 42.2 Å². The van der Waals surface area contributed by atoms with Gasteiger partial charge in [-0.2, -0.15) is 0 Å². The van der Waals surface area contributed by atoms with Crippen LogP contribution in [0.4, 0.5) is 16.0 Å². The normalized spacial score (nSPS) is 38.6. The van der Waals surface area contributed by atoms with Gasteiger partial charge in [-0.15, -0.1) is 0 Å². The number of ether oxygens (including phenoxy) is 1. The maximum atomic E-state index is 16.0. The van der Waals surface area contributed by atoms with Gasteiger partial charge in [-0.25, -0.2) is 38.9 Å². The first-order valence-corrected chi connectivity index (χ1v) is 17.9. The molecule has 2 aliphatic heterocycles. The second-order valence-electron chi connectivity index (χ2n) is 9.99. The minimum absolute atomic E-state index is 0.0499. The molecule has 230 valence electrons. The standard InChI is InChI=1S/C20H23FN10O8P2S2/c21-10-15-9(36-20(10)31-6-29-12-17(23)25-4-27-19(12)31)2-35-40(33,42)38-14-7(1-8(13(14)32)37-41(34,43)39-15)30-5-28-11-16(22)24-3-26-18(11)30/h3-10,13-15,20,32H,1-2H2,(H,33,42)(H,34,43)(H2,22,24,26)(H2,23,25,27)/t7-,8+,9-,10+,13-,14+,15-,20-,40?,41?/m1/s1. The number of hydrogen-bond donors (Lipinski definition) is 5. The van der Waals surface area contributed by atoms with Crippen LogP contribution >= 0.6 is 25.8 Å². The molecule has 7 rings (SSSR count). The summed E-state index contributed by atoms with van der Waals surface area (Å²) in [6, 6.07) is -0.822. The van der Waals surface area contributed by atoms with E-state index in [0.717, 1.165) is 0 Å². The quantitative estimate of drug-likeness (QED) is 0.146. The number of imidazole rings is 2. The molecule has 0 aromatic carbocycles. The molecule has 2 unspecified atom stereocenters. The fourth-order valence-corrected chi connectivity index (χ4v) is 8.80. The number of aromatic nitrogens is 8. The van der Waals surface area contributed by atoms with Crippen molar-refractivity contribution in [3.8, 4) is 0 Å². The maximum Gasteiger partial charge on any atom is 0.386 e. The van der Waals surface area contributed by atoms with E-state index in [1.54, 1.807) is 0 Å². The summed E-state index contributed by atoms with van der Waals surface area (Å²) >= 11 is 9.35. The number of nitrogens with two attached hydrogens (primary N) is 2. The van der Waals surface area contributed by atoms with Crippen molar-refractivity contribution in [1.29, 1.82) is 0 Å². The van der Waals surface area contributed by atoms with Crippen LogP contribution in [0.3, 0.4) is 0 Å². The number of thiol groups is 1. The van der Waals surface area contributed by atoms with Gasteiger partial charge in [0.15, 0.2) is 35.3 Å². The highest BCUT2D eigenvalue weighted by Gasteiger charge is 2.54. The molecule has 0 spiro atoms. The average molecular weight is 677 g/mol. The third-order valence-corrected chi connectivity index (χ3v) is 10.6. The Bertz CT molecular complexity index is 1820. The predicted molar refractivity (Wildman–Crippen MR) is 152 cm³/mol. The first-order chi connectivity index (χ1) is 20.4. The van der Waals surface area contributed by atoms with Crippen molar-refractivity contribution < 1.29 is 41.8 Å². The first kappa shape index (κ1) is 29.3. The van der Waals surface area contributed by atoms with E-state index >= 15 is 4.39 Å². The molecule has 0 radical (unpaired) electrons. The Labute approximate surface area is 250 Å². The molecule has 1 aliphatic carbocycles. The summed E-state index contributed by atoms with van der Waals surface area (Å²) < 4.78 is 60.8. The van der Waals surface area contributed by atoms with Crippen molar-refractivity contribution >= 4 is 71.5 Å². The number of hydrogen-bond acceptors (Lipinski definition) is 16. The Kier molecular flexibility index (Phi) is 7.22. The van der Waals surface area contributed by atoms with Gasteiger partial charge in [0, 0.05) is 6.42 Å². The molecule has 4 aromatic heterocycles. The summed E-state index contributed by atoms with van der Waals surface area (Å²) in [5.41, 5.74) is 12.7. The van der Waals surface area contributed by atoms with Gasteiger partial charge >= 0.3 is 13.5 Å². The number of anilines is 2. The number of nitrogen functional groups attached to an aromatic ring is 2. The van der Waals surface area contributed by atoms with E-state index in [1.165, 1.54) is 34.4 Å². The van der Waals surface area contributed by atoms with Crippen LogP contribution in [-0.2, 0) is 39.2 Å². The molecular weight excluding hydrogens is 653 g/mol. The van der Waals surface area contributed by atoms with Crippen LogP contribution < -0.4 is 11.5 Å². The van der Waals surface area contributed by atoms with Crippen LogP contribution in [0, 0.1) is 0 Å². The van der Waals surface area contributed by atoms with E-state index in [4.69, 9.17) is 46.1 Å². The van der Waals surface area contributed by atoms with E-state index < -0.39 is 69.1 Å². The van der Waals surface area contributed by atoms with Gasteiger partial charge in [0.05, 0.1) is 31.4 Å². The summed E-state index contributed by atoms with van der Waals surface area (Å²) in [7, 11) is 0. The topological polar surface area (TPSA) is 243 Å². The zero-order valence-corrected chi connectivity index (χ0v) is 25.0. The Hall–Kier alpha value is -2.42. The molecule has 2 bridgehead atoms. The second-order valence-corrected chi connectivity index (χ2v) is 15.6. The maximum absolute atomic E-state index is 16.0. The summed E-state index contributed by atoms with van der Waals surface area (Å²) in [5, 5.41) is 11.2. The van der Waals surface area contributed by atoms with Gasteiger partial charge in [-0.1, -0.05) is 12.2 Å². The smallest absolute Gasteiger partial charge is 0.386 e. The minimum atomic E-state index is -4.27. The summed E-state index contributed by atoms with van der Waals surface area (Å²) in [5.74, 6) is 0.188. The molecule has 1 saturated carbocycles. The SMILES string of the molecule is Nc1ncnc2c1ncn2[C@@H]1C[C@@H]2OP(O)(=S)O[C@H]3[C@H](F)[C@H](n4cnc5c(N)ncnc54)O[C@@H]3COP(=O)(S)O[C@@H]1[C@@H]2O. The highest BCUT2D eigenvalue weighted by atomic mass is 32.7. The molecule has 2 saturated heterocycles. The van der Waals surface area contributed by atoms with Crippen molar-refractivity contribution in [2.24, 2.45) is 0 Å². The van der Waals surface area contributed by atoms with Gasteiger partial charge in [0.1, 0.15) is 48.1 Å². The molecule has 18 nitrogen and oxygen atoms in total. The lowest BCUT2D eigenvalue weighted by atomic mass is 10.1. The molecule has 4 aromatic rings. The number of aliphatic hydroxyl groups excluding tert-OH is 1. The number of aliphatic hydroxyl groups is 1. The van der Waals surface area contributed by atoms with Gasteiger partial charge in [0.2, 0.25) is 0 Å². The van der Waals surface area contributed by atoms with Crippen LogP contribution in [0.2, 0.25) is 0 Å². The first-order valence-electron chi connectivity index (χ1n) is 12.6. The largest absolute Gasteiger partial charge is 0.388 e. The van der Waals surface area contributed by atoms with Crippen LogP contribution in [-0.4, -0.2) is 92.3 Å². The van der Waals surface area contributed by atoms with Crippen molar-refractivity contribution in [3.63, 3.8) is 0 Å². The monoisotopic (exact) mass is 676 g/mol. The number of alkyl halides is 1. The molecule has 23 heteroatoms. The Morgan fingerprint density at radius 3 is 2.26 bits per heavy atom. The van der Waals surface area contributed by atoms with E-state index in [9.17, 15) is 14.6 Å². The third kappa shape index (κ3) is 5.11. The lowest BCUT2D eigenvalue weighted by Crippen LogP contribution is -2.37. The lowest BCUT2D eigenvalue weighted by Gasteiger charge is -2.30. The zero-order valence-electron chi connectivity index (χ0n) is 21.5. The summed E-state index contributed by atoms with van der Waals surface area (Å²) in [4.78, 5) is 35.5. The summed E-state index contributed by atoms with van der Waals surface area (Å²) in [6.45, 7) is -9.10. The van der Waals surface area contributed by atoms with Crippen LogP contribution in [0.5, 0.6) is 0 Å². The number of fused-ring (bicyclic) bond motifs is 5. The molecule has 43 heavy (non-hydrogen) atoms. The molecule has 3 aliphatic rings. The lowest BCUT2D eigenvalue weighted by molar-refractivity contribution is -0.0539. The number of rotatable bonds is 2. The van der Waals surface area contributed by atoms with Crippen molar-refractivity contribution in [1.82, 2.24) is 39.0 Å². The highest BCUT2D eigenvalue weighted by molar-refractivity contribution is 8.44. The van der Waals surface area contributed by atoms with Crippen molar-refractivity contribution in [2.75, 3.05) is 18.1 Å². The molecule has 3 fully saturated rings. The summed E-state index contributed by atoms with van der Waals surface area (Å²) in [6.07, 6.45) is -5.24. The average Bonchev–Trinajstić information content (AvgIpc) is 3.70. The van der Waals surface area contributed by atoms with Gasteiger partial charge in [0.25, 0.3) is 0 Å². The molecular formula is C20H23FN10O8P2S2. The van der Waals surface area contributed by atoms with Crippen molar-refractivity contribution in [2.45, 2.75) is 55.4 Å². The van der Waals surface area contributed by atoms with Gasteiger partial charge in [-0.05, 0) is 11.8 Å². The number of halogens is 1. The molecule has 0 amide bonds. The van der Waals surface area contributed by atoms with E-state index in [-0.39, 0.29) is 34.7 Å².